The van der Waals surface area contributed by atoms with Crippen LogP contribution in [0, 0.1) is 0 Å². The lowest BCUT2D eigenvalue weighted by atomic mass is 9.64. The molecule has 0 atom stereocenters. The first kappa shape index (κ1) is 24.5. The van der Waals surface area contributed by atoms with Gasteiger partial charge in [-0.1, -0.05) is 60.3 Å². The minimum absolute atomic E-state index is 0.0113. The van der Waals surface area contributed by atoms with Gasteiger partial charge in [0.1, 0.15) is 0 Å². The monoisotopic (exact) mass is 501 g/mol. The van der Waals surface area contributed by atoms with Crippen molar-refractivity contribution >= 4 is 17.7 Å². The predicted molar refractivity (Wildman–Crippen MR) is 144 cm³/mol. The summed E-state index contributed by atoms with van der Waals surface area (Å²) in [6.07, 6.45) is 3.99. The Labute approximate surface area is 216 Å². The number of hydrogen-bond acceptors (Lipinski definition) is 5. The van der Waals surface area contributed by atoms with E-state index >= 15 is 0 Å². The number of nitrogens with zero attached hydrogens (tertiary/aromatic N) is 3. The molecular formula is C29H31N3O3S. The maximum Gasteiger partial charge on any atom is 0.258 e. The molecule has 186 valence electrons. The summed E-state index contributed by atoms with van der Waals surface area (Å²) in [4.78, 5) is 34.3. The van der Waals surface area contributed by atoms with Crippen LogP contribution in [0.25, 0.3) is 11.3 Å². The van der Waals surface area contributed by atoms with E-state index in [4.69, 9.17) is 9.72 Å². The Hall–Kier alpha value is -3.16. The molecule has 1 fully saturated rings. The van der Waals surface area contributed by atoms with Gasteiger partial charge in [-0.2, -0.15) is 0 Å². The number of aromatic nitrogens is 2. The number of rotatable bonds is 7. The Bertz CT molecular complexity index is 1330. The summed E-state index contributed by atoms with van der Waals surface area (Å²) in [5.74, 6) is 0.761. The fourth-order valence-electron chi connectivity index (χ4n) is 5.51. The van der Waals surface area contributed by atoms with Crippen molar-refractivity contribution < 1.29 is 9.53 Å². The fourth-order valence-corrected chi connectivity index (χ4v) is 6.41. The average Bonchev–Trinajstić information content (AvgIpc) is 2.91. The lowest BCUT2D eigenvalue weighted by Crippen LogP contribution is -2.50. The van der Waals surface area contributed by atoms with Gasteiger partial charge >= 0.3 is 0 Å². The van der Waals surface area contributed by atoms with E-state index in [0.717, 1.165) is 36.1 Å². The lowest BCUT2D eigenvalue weighted by molar-refractivity contribution is 0.0663. The number of thioether (sulfide) groups is 1. The third-order valence-corrected chi connectivity index (χ3v) is 8.27. The highest BCUT2D eigenvalue weighted by Crippen LogP contribution is 2.47. The second-order valence-corrected chi connectivity index (χ2v) is 10.5. The summed E-state index contributed by atoms with van der Waals surface area (Å²) in [5, 5.41) is 0.694. The van der Waals surface area contributed by atoms with Gasteiger partial charge in [0.15, 0.2) is 5.16 Å². The van der Waals surface area contributed by atoms with Crippen molar-refractivity contribution in [1.82, 2.24) is 14.5 Å². The number of amides is 1. The second kappa shape index (κ2) is 10.4. The van der Waals surface area contributed by atoms with Gasteiger partial charge < -0.3 is 9.64 Å². The topological polar surface area (TPSA) is 64.4 Å². The summed E-state index contributed by atoms with van der Waals surface area (Å²) < 4.78 is 6.98. The summed E-state index contributed by atoms with van der Waals surface area (Å²) >= 11 is 1.54. The SMILES string of the molecule is C=CCn1c(SCCOC)nc2c(c1=O)C1(CCN(C(=O)c3ccccc3)CC1)Cc1ccccc1-2. The van der Waals surface area contributed by atoms with Crippen LogP contribution in [0.5, 0.6) is 0 Å². The number of methoxy groups -OCH3 is 1. The number of fused-ring (bicyclic) bond motifs is 4. The molecule has 3 aromatic rings. The highest BCUT2D eigenvalue weighted by atomic mass is 32.2. The summed E-state index contributed by atoms with van der Waals surface area (Å²) in [5.41, 5.74) is 4.22. The number of ether oxygens (including phenoxy) is 1. The molecule has 5 rings (SSSR count). The highest BCUT2D eigenvalue weighted by Gasteiger charge is 2.45. The Morgan fingerprint density at radius 1 is 1.14 bits per heavy atom. The van der Waals surface area contributed by atoms with Gasteiger partial charge in [-0.15, -0.1) is 6.58 Å². The first-order chi connectivity index (χ1) is 17.6. The number of hydrogen-bond donors (Lipinski definition) is 0. The average molecular weight is 502 g/mol. The van der Waals surface area contributed by atoms with Gasteiger partial charge in [-0.05, 0) is 37.0 Å². The molecule has 2 aromatic carbocycles. The Kier molecular flexibility index (Phi) is 7.12. The molecule has 2 aliphatic rings. The van der Waals surface area contributed by atoms with Gasteiger partial charge in [-0.3, -0.25) is 14.2 Å². The number of piperidine rings is 1. The van der Waals surface area contributed by atoms with Crippen LogP contribution in [-0.2, 0) is 23.1 Å². The predicted octanol–water partition coefficient (Wildman–Crippen LogP) is 4.56. The largest absolute Gasteiger partial charge is 0.384 e. The van der Waals surface area contributed by atoms with Crippen molar-refractivity contribution in [3.63, 3.8) is 0 Å². The van der Waals surface area contributed by atoms with Crippen LogP contribution < -0.4 is 5.56 Å². The van der Waals surface area contributed by atoms with Crippen LogP contribution >= 0.6 is 11.8 Å². The van der Waals surface area contributed by atoms with Gasteiger partial charge in [0.25, 0.3) is 11.5 Å². The number of carbonyl (C=O) groups is 1. The Morgan fingerprint density at radius 3 is 2.58 bits per heavy atom. The zero-order valence-corrected chi connectivity index (χ0v) is 21.4. The maximum absolute atomic E-state index is 14.1. The normalized spacial score (nSPS) is 15.9. The van der Waals surface area contributed by atoms with E-state index in [1.807, 2.05) is 41.3 Å². The highest BCUT2D eigenvalue weighted by molar-refractivity contribution is 7.99. The van der Waals surface area contributed by atoms with Gasteiger partial charge in [0, 0.05) is 49.0 Å². The molecule has 0 N–H and O–H groups in total. The summed E-state index contributed by atoms with van der Waals surface area (Å²) in [6, 6.07) is 17.7. The Morgan fingerprint density at radius 2 is 1.86 bits per heavy atom. The van der Waals surface area contributed by atoms with E-state index in [1.54, 1.807) is 17.8 Å². The van der Waals surface area contributed by atoms with Crippen molar-refractivity contribution in [3.8, 4) is 11.3 Å². The Balaban J connectivity index is 1.56. The van der Waals surface area contributed by atoms with Gasteiger partial charge in [0.2, 0.25) is 0 Å². The summed E-state index contributed by atoms with van der Waals surface area (Å²) in [7, 11) is 1.67. The fraction of sp³-hybridized carbons (Fsp3) is 0.345. The molecule has 7 heteroatoms. The van der Waals surface area contributed by atoms with Crippen LogP contribution in [0.2, 0.25) is 0 Å². The molecular weight excluding hydrogens is 470 g/mol. The van der Waals surface area contributed by atoms with Gasteiger partial charge in [-0.25, -0.2) is 4.98 Å². The second-order valence-electron chi connectivity index (χ2n) is 9.44. The van der Waals surface area contributed by atoms with E-state index < -0.39 is 0 Å². The van der Waals surface area contributed by atoms with E-state index in [0.29, 0.717) is 42.7 Å². The third-order valence-electron chi connectivity index (χ3n) is 7.32. The van der Waals surface area contributed by atoms with Crippen molar-refractivity contribution in [1.29, 1.82) is 0 Å². The van der Waals surface area contributed by atoms with Crippen molar-refractivity contribution in [2.45, 2.75) is 36.4 Å². The number of allylic oxidation sites excluding steroid dienone is 1. The maximum atomic E-state index is 14.1. The molecule has 1 amide bonds. The molecule has 1 aromatic heterocycles. The lowest BCUT2D eigenvalue weighted by Gasteiger charge is -2.45. The molecule has 1 aliphatic heterocycles. The molecule has 1 spiro atoms. The smallest absolute Gasteiger partial charge is 0.258 e. The molecule has 2 heterocycles. The number of benzene rings is 2. The van der Waals surface area contributed by atoms with Crippen LogP contribution in [0.4, 0.5) is 0 Å². The van der Waals surface area contributed by atoms with Crippen molar-refractivity contribution in [3.05, 3.63) is 94.3 Å². The van der Waals surface area contributed by atoms with E-state index in [9.17, 15) is 9.59 Å². The van der Waals surface area contributed by atoms with Crippen LogP contribution in [0.1, 0.15) is 34.3 Å². The quantitative estimate of drug-likeness (QED) is 0.205. The van der Waals surface area contributed by atoms with Crippen LogP contribution in [-0.4, -0.2) is 52.9 Å². The van der Waals surface area contributed by atoms with Crippen molar-refractivity contribution in [2.75, 3.05) is 32.6 Å². The van der Waals surface area contributed by atoms with E-state index in [-0.39, 0.29) is 16.9 Å². The van der Waals surface area contributed by atoms with Gasteiger partial charge in [0.05, 0.1) is 17.9 Å². The first-order valence-electron chi connectivity index (χ1n) is 12.4. The van der Waals surface area contributed by atoms with Crippen molar-refractivity contribution in [2.24, 2.45) is 0 Å². The number of likely N-dealkylation sites (tertiary alicyclic amines) is 1. The molecule has 36 heavy (non-hydrogen) atoms. The summed E-state index contributed by atoms with van der Waals surface area (Å²) in [6.45, 7) is 6.09. The zero-order chi connectivity index (χ0) is 25.1. The molecule has 1 aliphatic carbocycles. The molecule has 0 bridgehead atoms. The molecule has 1 saturated heterocycles. The third kappa shape index (κ3) is 4.42. The first-order valence-corrected chi connectivity index (χ1v) is 13.4. The molecule has 0 unspecified atom stereocenters. The standard InChI is InChI=1S/C29H31N3O3S/c1-3-15-32-27(34)24-25(30-28(32)36-19-18-35-2)23-12-8-7-11-22(23)20-29(24)13-16-31(17-14-29)26(33)21-9-5-4-6-10-21/h3-12H,1,13-20H2,2H3. The molecule has 0 radical (unpaired) electrons. The number of carbonyl (C=O) groups excluding carboxylic acids is 1. The minimum atomic E-state index is -0.347. The molecule has 6 nitrogen and oxygen atoms in total. The van der Waals surface area contributed by atoms with E-state index in [1.165, 1.54) is 17.3 Å². The minimum Gasteiger partial charge on any atom is -0.384 e. The van der Waals surface area contributed by atoms with Crippen LogP contribution in [0.3, 0.4) is 0 Å². The van der Waals surface area contributed by atoms with E-state index in [2.05, 4.69) is 24.8 Å². The molecule has 0 saturated carbocycles. The van der Waals surface area contributed by atoms with Crippen LogP contribution in [0.15, 0.2) is 77.2 Å². The zero-order valence-electron chi connectivity index (χ0n) is 20.6.